The number of pyridine rings is 1. The minimum atomic E-state index is 0.0322. The standard InChI is InChI=1S/C18H23ClN6O/c19-16-9-14(18(26)23-6-2-1-3-7-23)10-21-17(16)24-8-4-5-15(11-24)25-13-20-12-22-25/h9-10,12-13,15H,1-8,11H2. The molecule has 0 spiro atoms. The lowest BCUT2D eigenvalue weighted by molar-refractivity contribution is 0.0724. The Morgan fingerprint density at radius 3 is 2.73 bits per heavy atom. The molecule has 4 heterocycles. The van der Waals surface area contributed by atoms with Gasteiger partial charge in [0, 0.05) is 32.4 Å². The van der Waals surface area contributed by atoms with Crippen molar-refractivity contribution in [3.8, 4) is 0 Å². The highest BCUT2D eigenvalue weighted by atomic mass is 35.5. The maximum Gasteiger partial charge on any atom is 0.255 e. The van der Waals surface area contributed by atoms with Crippen molar-refractivity contribution in [3.63, 3.8) is 0 Å². The normalized spacial score (nSPS) is 21.0. The van der Waals surface area contributed by atoms with Gasteiger partial charge in [-0.25, -0.2) is 14.6 Å². The Morgan fingerprint density at radius 2 is 2.00 bits per heavy atom. The predicted molar refractivity (Wildman–Crippen MR) is 99.5 cm³/mol. The third-order valence-electron chi connectivity index (χ3n) is 5.22. The SMILES string of the molecule is O=C(c1cnc(N2CCCC(n3cncn3)C2)c(Cl)c1)N1CCCCC1. The molecular formula is C18H23ClN6O. The van der Waals surface area contributed by atoms with Gasteiger partial charge in [0.05, 0.1) is 16.6 Å². The Kier molecular flexibility index (Phi) is 5.06. The van der Waals surface area contributed by atoms with Gasteiger partial charge >= 0.3 is 0 Å². The molecule has 1 unspecified atom stereocenters. The van der Waals surface area contributed by atoms with E-state index in [2.05, 4.69) is 20.0 Å². The number of carbonyl (C=O) groups excluding carboxylic acids is 1. The summed E-state index contributed by atoms with van der Waals surface area (Å²) in [5.74, 6) is 0.775. The molecule has 2 aromatic heterocycles. The van der Waals surface area contributed by atoms with Gasteiger partial charge in [0.2, 0.25) is 0 Å². The average molecular weight is 375 g/mol. The summed E-state index contributed by atoms with van der Waals surface area (Å²) in [6, 6.07) is 2.03. The minimum Gasteiger partial charge on any atom is -0.353 e. The van der Waals surface area contributed by atoms with Crippen LogP contribution in [-0.4, -0.2) is 56.7 Å². The summed E-state index contributed by atoms with van der Waals surface area (Å²) in [5.41, 5.74) is 0.575. The summed E-state index contributed by atoms with van der Waals surface area (Å²) < 4.78 is 1.90. The number of hydrogen-bond acceptors (Lipinski definition) is 5. The van der Waals surface area contributed by atoms with Crippen LogP contribution in [0.25, 0.3) is 0 Å². The highest BCUT2D eigenvalue weighted by Crippen LogP contribution is 2.30. The Hall–Kier alpha value is -2.15. The van der Waals surface area contributed by atoms with Crippen molar-refractivity contribution < 1.29 is 4.79 Å². The van der Waals surface area contributed by atoms with Crippen LogP contribution in [0.5, 0.6) is 0 Å². The molecule has 2 saturated heterocycles. The fourth-order valence-corrected chi connectivity index (χ4v) is 4.11. The van der Waals surface area contributed by atoms with E-state index in [0.717, 1.165) is 57.7 Å². The van der Waals surface area contributed by atoms with Crippen LogP contribution in [-0.2, 0) is 0 Å². The van der Waals surface area contributed by atoms with Crippen molar-refractivity contribution in [3.05, 3.63) is 35.5 Å². The van der Waals surface area contributed by atoms with Crippen molar-refractivity contribution in [2.75, 3.05) is 31.1 Å². The van der Waals surface area contributed by atoms with Crippen LogP contribution in [0.3, 0.4) is 0 Å². The first-order valence-corrected chi connectivity index (χ1v) is 9.64. The zero-order valence-corrected chi connectivity index (χ0v) is 15.5. The van der Waals surface area contributed by atoms with E-state index in [1.807, 2.05) is 9.58 Å². The Bertz CT molecular complexity index is 759. The number of piperidine rings is 2. The van der Waals surface area contributed by atoms with E-state index in [9.17, 15) is 4.79 Å². The predicted octanol–water partition coefficient (Wildman–Crippen LogP) is 2.79. The monoisotopic (exact) mass is 374 g/mol. The van der Waals surface area contributed by atoms with E-state index in [1.54, 1.807) is 24.9 Å². The number of amides is 1. The number of hydrogen-bond donors (Lipinski definition) is 0. The minimum absolute atomic E-state index is 0.0322. The zero-order chi connectivity index (χ0) is 17.9. The largest absolute Gasteiger partial charge is 0.353 e. The highest BCUT2D eigenvalue weighted by Gasteiger charge is 2.25. The summed E-state index contributed by atoms with van der Waals surface area (Å²) >= 11 is 6.51. The molecule has 2 aliphatic rings. The molecule has 0 aromatic carbocycles. The summed E-state index contributed by atoms with van der Waals surface area (Å²) in [5, 5.41) is 4.79. The lowest BCUT2D eigenvalue weighted by atomic mass is 10.1. The smallest absolute Gasteiger partial charge is 0.255 e. The fourth-order valence-electron chi connectivity index (χ4n) is 3.83. The van der Waals surface area contributed by atoms with Crippen LogP contribution < -0.4 is 4.90 Å². The van der Waals surface area contributed by atoms with Crippen LogP contribution in [0.2, 0.25) is 5.02 Å². The molecule has 2 aromatic rings. The average Bonchev–Trinajstić information content (AvgIpc) is 3.23. The summed E-state index contributed by atoms with van der Waals surface area (Å²) in [4.78, 5) is 25.3. The van der Waals surface area contributed by atoms with Crippen LogP contribution in [0.4, 0.5) is 5.82 Å². The van der Waals surface area contributed by atoms with Gasteiger partial charge in [-0.15, -0.1) is 0 Å². The van der Waals surface area contributed by atoms with Crippen molar-refractivity contribution >= 4 is 23.3 Å². The first-order chi connectivity index (χ1) is 12.7. The first kappa shape index (κ1) is 17.3. The van der Waals surface area contributed by atoms with E-state index in [0.29, 0.717) is 10.6 Å². The van der Waals surface area contributed by atoms with Gasteiger partial charge < -0.3 is 9.80 Å². The van der Waals surface area contributed by atoms with E-state index >= 15 is 0 Å². The number of halogens is 1. The quantitative estimate of drug-likeness (QED) is 0.826. The maximum absolute atomic E-state index is 12.6. The number of anilines is 1. The molecule has 0 aliphatic carbocycles. The third kappa shape index (κ3) is 3.53. The molecule has 138 valence electrons. The van der Waals surface area contributed by atoms with Crippen LogP contribution in [0.15, 0.2) is 24.9 Å². The number of nitrogens with zero attached hydrogens (tertiary/aromatic N) is 6. The van der Waals surface area contributed by atoms with Gasteiger partial charge in [0.15, 0.2) is 0 Å². The second kappa shape index (κ2) is 7.61. The molecular weight excluding hydrogens is 352 g/mol. The van der Waals surface area contributed by atoms with Crippen LogP contribution in [0.1, 0.15) is 48.5 Å². The number of aromatic nitrogens is 4. The van der Waals surface area contributed by atoms with E-state index in [-0.39, 0.29) is 11.9 Å². The van der Waals surface area contributed by atoms with Crippen molar-refractivity contribution in [2.45, 2.75) is 38.1 Å². The van der Waals surface area contributed by atoms with Gasteiger partial charge in [0.1, 0.15) is 18.5 Å². The van der Waals surface area contributed by atoms with Crippen LogP contribution >= 0.6 is 11.6 Å². The number of rotatable bonds is 3. The second-order valence-electron chi connectivity index (χ2n) is 7.00. The van der Waals surface area contributed by atoms with Crippen molar-refractivity contribution in [1.29, 1.82) is 0 Å². The molecule has 4 rings (SSSR count). The highest BCUT2D eigenvalue weighted by molar-refractivity contribution is 6.33. The molecule has 0 radical (unpaired) electrons. The van der Waals surface area contributed by atoms with Crippen LogP contribution in [0, 0.1) is 0 Å². The zero-order valence-electron chi connectivity index (χ0n) is 14.7. The molecule has 26 heavy (non-hydrogen) atoms. The van der Waals surface area contributed by atoms with Gasteiger partial charge in [-0.2, -0.15) is 5.10 Å². The number of likely N-dealkylation sites (tertiary alicyclic amines) is 1. The maximum atomic E-state index is 12.6. The molecule has 7 nitrogen and oxygen atoms in total. The van der Waals surface area contributed by atoms with E-state index in [4.69, 9.17) is 11.6 Å². The lowest BCUT2D eigenvalue weighted by Crippen LogP contribution is -2.38. The molecule has 0 N–H and O–H groups in total. The van der Waals surface area contributed by atoms with Gasteiger partial charge in [0.25, 0.3) is 5.91 Å². The molecule has 8 heteroatoms. The summed E-state index contributed by atoms with van der Waals surface area (Å²) in [6.07, 6.45) is 10.4. The Labute approximate surface area is 158 Å². The second-order valence-corrected chi connectivity index (χ2v) is 7.41. The molecule has 1 atom stereocenters. The van der Waals surface area contributed by atoms with E-state index in [1.165, 1.54) is 6.42 Å². The Balaban J connectivity index is 1.49. The number of carbonyl (C=O) groups is 1. The topological polar surface area (TPSA) is 67.2 Å². The Morgan fingerprint density at radius 1 is 1.15 bits per heavy atom. The third-order valence-corrected chi connectivity index (χ3v) is 5.50. The molecule has 2 aliphatic heterocycles. The summed E-state index contributed by atoms with van der Waals surface area (Å²) in [7, 11) is 0. The van der Waals surface area contributed by atoms with Gasteiger partial charge in [-0.1, -0.05) is 11.6 Å². The lowest BCUT2D eigenvalue weighted by Gasteiger charge is -2.34. The first-order valence-electron chi connectivity index (χ1n) is 9.26. The van der Waals surface area contributed by atoms with Crippen molar-refractivity contribution in [2.24, 2.45) is 0 Å². The molecule has 0 saturated carbocycles. The van der Waals surface area contributed by atoms with Gasteiger partial charge in [-0.05, 0) is 38.2 Å². The molecule has 1 amide bonds. The molecule has 0 bridgehead atoms. The van der Waals surface area contributed by atoms with E-state index < -0.39 is 0 Å². The van der Waals surface area contributed by atoms with Gasteiger partial charge in [-0.3, -0.25) is 4.79 Å². The summed E-state index contributed by atoms with van der Waals surface area (Å²) in [6.45, 7) is 3.33. The fraction of sp³-hybridized carbons (Fsp3) is 0.556. The molecule has 2 fully saturated rings. The van der Waals surface area contributed by atoms with Crippen molar-refractivity contribution in [1.82, 2.24) is 24.6 Å².